The van der Waals surface area contributed by atoms with Crippen molar-refractivity contribution in [2.75, 3.05) is 4.90 Å². The summed E-state index contributed by atoms with van der Waals surface area (Å²) in [6.45, 7) is 0. The van der Waals surface area contributed by atoms with E-state index < -0.39 is 5.92 Å². The fourth-order valence-electron chi connectivity index (χ4n) is 5.06. The first kappa shape index (κ1) is 15.3. The molecule has 126 valence electrons. The van der Waals surface area contributed by atoms with Crippen molar-refractivity contribution in [1.29, 1.82) is 0 Å². The fourth-order valence-corrected chi connectivity index (χ4v) is 5.54. The third-order valence-corrected chi connectivity index (χ3v) is 6.84. The monoisotopic (exact) mass is 397 g/mol. The standard InChI is InChI=1S/C20H16BrNO3/c21-14-7-8-15(12-4-2-1-3-11(12)14)22-19(24)17-10-5-6-13(16(23)9-10)18(17)20(22)25/h1-4,7-8,10,13,17-18H,5-6,9H2/t10-,13+,17+,18-/m0/s1. The van der Waals surface area contributed by atoms with Crippen molar-refractivity contribution >= 4 is 50.0 Å². The molecule has 0 unspecified atom stereocenters. The summed E-state index contributed by atoms with van der Waals surface area (Å²) in [7, 11) is 0. The number of hydrogen-bond acceptors (Lipinski definition) is 3. The zero-order valence-electron chi connectivity index (χ0n) is 13.4. The zero-order chi connectivity index (χ0) is 17.3. The van der Waals surface area contributed by atoms with E-state index in [-0.39, 0.29) is 35.4 Å². The molecule has 4 atom stereocenters. The summed E-state index contributed by atoms with van der Waals surface area (Å²) >= 11 is 3.53. The molecule has 25 heavy (non-hydrogen) atoms. The Labute approximate surface area is 153 Å². The predicted molar refractivity (Wildman–Crippen MR) is 97.0 cm³/mol. The number of imide groups is 1. The van der Waals surface area contributed by atoms with Crippen LogP contribution in [0.2, 0.25) is 0 Å². The van der Waals surface area contributed by atoms with E-state index in [1.165, 1.54) is 4.90 Å². The molecule has 0 N–H and O–H groups in total. The number of halogens is 1. The lowest BCUT2D eigenvalue weighted by Crippen LogP contribution is -2.46. The Morgan fingerprint density at radius 3 is 2.36 bits per heavy atom. The number of ketones is 1. The van der Waals surface area contributed by atoms with Crippen LogP contribution < -0.4 is 4.90 Å². The summed E-state index contributed by atoms with van der Waals surface area (Å²) in [6.07, 6.45) is 2.09. The maximum Gasteiger partial charge on any atom is 0.238 e. The summed E-state index contributed by atoms with van der Waals surface area (Å²) in [6, 6.07) is 11.4. The van der Waals surface area contributed by atoms with Gasteiger partial charge >= 0.3 is 0 Å². The van der Waals surface area contributed by atoms with Crippen LogP contribution in [0.5, 0.6) is 0 Å². The van der Waals surface area contributed by atoms with Gasteiger partial charge < -0.3 is 0 Å². The second-order valence-corrected chi connectivity index (χ2v) is 8.14. The number of rotatable bonds is 1. The Kier molecular flexibility index (Phi) is 3.20. The Bertz CT molecular complexity index is 953. The van der Waals surface area contributed by atoms with Crippen molar-refractivity contribution in [1.82, 2.24) is 0 Å². The topological polar surface area (TPSA) is 54.5 Å². The van der Waals surface area contributed by atoms with Gasteiger partial charge in [0.2, 0.25) is 11.8 Å². The highest BCUT2D eigenvalue weighted by Crippen LogP contribution is 2.52. The first-order valence-corrected chi connectivity index (χ1v) is 9.45. The van der Waals surface area contributed by atoms with Crippen molar-refractivity contribution in [3.05, 3.63) is 40.9 Å². The molecular weight excluding hydrogens is 382 g/mol. The SMILES string of the molecule is O=C1C[C@@H]2CC[C@H]1[C@@H]1C(=O)N(c3ccc(Br)c4ccccc34)C(=O)[C@H]21. The highest BCUT2D eigenvalue weighted by Gasteiger charge is 2.61. The van der Waals surface area contributed by atoms with Crippen LogP contribution in [0.4, 0.5) is 5.69 Å². The highest BCUT2D eigenvalue weighted by molar-refractivity contribution is 9.10. The molecule has 6 rings (SSSR count). The zero-order valence-corrected chi connectivity index (χ0v) is 15.0. The summed E-state index contributed by atoms with van der Waals surface area (Å²) in [5.74, 6) is -1.14. The van der Waals surface area contributed by atoms with Crippen molar-refractivity contribution in [3.8, 4) is 0 Å². The third kappa shape index (κ3) is 1.96. The van der Waals surface area contributed by atoms with Crippen molar-refractivity contribution in [2.24, 2.45) is 23.7 Å². The molecular formula is C20H16BrNO3. The van der Waals surface area contributed by atoms with Gasteiger partial charge in [-0.15, -0.1) is 0 Å². The quantitative estimate of drug-likeness (QED) is 0.689. The van der Waals surface area contributed by atoms with Gasteiger partial charge in [0.05, 0.1) is 17.5 Å². The van der Waals surface area contributed by atoms with Gasteiger partial charge in [0, 0.05) is 22.2 Å². The van der Waals surface area contributed by atoms with Crippen LogP contribution in [0.1, 0.15) is 19.3 Å². The van der Waals surface area contributed by atoms with Gasteiger partial charge in [-0.3, -0.25) is 14.4 Å². The first-order valence-electron chi connectivity index (χ1n) is 8.65. The largest absolute Gasteiger partial charge is 0.299 e. The number of Topliss-reactive ketones (excluding diaryl/α,β-unsaturated/α-hetero) is 1. The molecule has 0 aromatic heterocycles. The van der Waals surface area contributed by atoms with Crippen molar-refractivity contribution < 1.29 is 14.4 Å². The average Bonchev–Trinajstić information content (AvgIpc) is 2.89. The molecule has 0 radical (unpaired) electrons. The van der Waals surface area contributed by atoms with E-state index in [1.807, 2.05) is 36.4 Å². The third-order valence-electron chi connectivity index (χ3n) is 6.15. The summed E-state index contributed by atoms with van der Waals surface area (Å²) in [5.41, 5.74) is 0.634. The minimum Gasteiger partial charge on any atom is -0.299 e. The van der Waals surface area contributed by atoms with Gasteiger partial charge in [0.1, 0.15) is 5.78 Å². The molecule has 1 aliphatic heterocycles. The molecule has 4 fully saturated rings. The normalized spacial score (nSPS) is 31.1. The van der Waals surface area contributed by atoms with Crippen LogP contribution in [-0.4, -0.2) is 17.6 Å². The Morgan fingerprint density at radius 2 is 1.60 bits per heavy atom. The van der Waals surface area contributed by atoms with Crippen molar-refractivity contribution in [3.63, 3.8) is 0 Å². The van der Waals surface area contributed by atoms with Gasteiger partial charge in [0.25, 0.3) is 0 Å². The van der Waals surface area contributed by atoms with Crippen LogP contribution in [0.15, 0.2) is 40.9 Å². The molecule has 3 saturated carbocycles. The molecule has 4 aliphatic rings. The van der Waals surface area contributed by atoms with Gasteiger partial charge in [-0.1, -0.05) is 40.2 Å². The van der Waals surface area contributed by atoms with Gasteiger partial charge in [-0.2, -0.15) is 0 Å². The minimum atomic E-state index is -0.449. The van der Waals surface area contributed by atoms with Crippen LogP contribution in [0, 0.1) is 23.7 Å². The van der Waals surface area contributed by atoms with E-state index in [4.69, 9.17) is 0 Å². The molecule has 4 nitrogen and oxygen atoms in total. The van der Waals surface area contributed by atoms with Crippen LogP contribution in [-0.2, 0) is 14.4 Å². The van der Waals surface area contributed by atoms with E-state index >= 15 is 0 Å². The Hall–Kier alpha value is -2.01. The smallest absolute Gasteiger partial charge is 0.238 e. The number of amides is 2. The molecule has 1 heterocycles. The second-order valence-electron chi connectivity index (χ2n) is 7.29. The highest BCUT2D eigenvalue weighted by atomic mass is 79.9. The number of anilines is 1. The lowest BCUT2D eigenvalue weighted by atomic mass is 9.59. The summed E-state index contributed by atoms with van der Waals surface area (Å²) in [4.78, 5) is 39.9. The van der Waals surface area contributed by atoms with E-state index in [1.54, 1.807) is 0 Å². The fraction of sp³-hybridized carbons (Fsp3) is 0.350. The number of carbonyl (C=O) groups excluding carboxylic acids is 3. The predicted octanol–water partition coefficient (Wildman–Crippen LogP) is 3.71. The van der Waals surface area contributed by atoms with Gasteiger partial charge in [0.15, 0.2) is 0 Å². The molecule has 2 bridgehead atoms. The number of nitrogens with zero attached hydrogens (tertiary/aromatic N) is 1. The summed E-state index contributed by atoms with van der Waals surface area (Å²) < 4.78 is 0.929. The maximum atomic E-state index is 13.2. The van der Waals surface area contributed by atoms with E-state index in [9.17, 15) is 14.4 Å². The molecule has 5 heteroatoms. The van der Waals surface area contributed by atoms with Gasteiger partial charge in [-0.05, 0) is 36.3 Å². The summed E-state index contributed by atoms with van der Waals surface area (Å²) in [5, 5.41) is 1.84. The molecule has 1 saturated heterocycles. The number of hydrogen-bond donors (Lipinski definition) is 0. The first-order chi connectivity index (χ1) is 12.1. The Morgan fingerprint density at radius 1 is 0.880 bits per heavy atom. The van der Waals surface area contributed by atoms with Crippen molar-refractivity contribution in [2.45, 2.75) is 19.3 Å². The molecule has 0 spiro atoms. The second kappa shape index (κ2) is 5.24. The van der Waals surface area contributed by atoms with Crippen LogP contribution in [0.25, 0.3) is 10.8 Å². The van der Waals surface area contributed by atoms with E-state index in [2.05, 4.69) is 15.9 Å². The molecule has 2 amide bonds. The van der Waals surface area contributed by atoms with E-state index in [0.29, 0.717) is 12.1 Å². The lowest BCUT2D eigenvalue weighted by Gasteiger charge is -2.41. The molecule has 3 aliphatic carbocycles. The van der Waals surface area contributed by atoms with Crippen LogP contribution in [0.3, 0.4) is 0 Å². The minimum absolute atomic E-state index is 0.0330. The number of carbonyl (C=O) groups is 3. The van der Waals surface area contributed by atoms with E-state index in [0.717, 1.165) is 28.1 Å². The number of benzene rings is 2. The lowest BCUT2D eigenvalue weighted by molar-refractivity contribution is -0.143. The Balaban J connectivity index is 1.67. The molecule has 2 aromatic rings. The van der Waals surface area contributed by atoms with Crippen LogP contribution >= 0.6 is 15.9 Å². The molecule has 2 aromatic carbocycles. The van der Waals surface area contributed by atoms with Gasteiger partial charge in [-0.25, -0.2) is 4.90 Å². The maximum absolute atomic E-state index is 13.2. The number of fused-ring (bicyclic) bond motifs is 3. The average molecular weight is 398 g/mol.